The average molecular weight is 337 g/mol. The van der Waals surface area contributed by atoms with Gasteiger partial charge in [0.1, 0.15) is 0 Å². The first kappa shape index (κ1) is 14.6. The number of sulfonamides is 1. The van der Waals surface area contributed by atoms with Gasteiger partial charge in [0.2, 0.25) is 0 Å². The van der Waals surface area contributed by atoms with Gasteiger partial charge in [-0.15, -0.1) is 0 Å². The van der Waals surface area contributed by atoms with E-state index >= 15 is 0 Å². The summed E-state index contributed by atoms with van der Waals surface area (Å²) in [7, 11) is -3.65. The van der Waals surface area contributed by atoms with E-state index in [2.05, 4.69) is 9.71 Å². The van der Waals surface area contributed by atoms with Crippen LogP contribution in [0.3, 0.4) is 0 Å². The number of rotatable bonds is 3. The van der Waals surface area contributed by atoms with Gasteiger partial charge in [0.15, 0.2) is 0 Å². The van der Waals surface area contributed by atoms with Crippen molar-refractivity contribution in [2.24, 2.45) is 0 Å². The predicted octanol–water partition coefficient (Wildman–Crippen LogP) is 3.70. The fourth-order valence-corrected chi connectivity index (χ4v) is 3.95. The Morgan fingerprint density at radius 2 is 1.58 bits per heavy atom. The van der Waals surface area contributed by atoms with Gasteiger partial charge in [0, 0.05) is 22.0 Å². The Kier molecular flexibility index (Phi) is 3.21. The molecule has 0 spiro atoms. The van der Waals surface area contributed by atoms with Gasteiger partial charge < -0.3 is 10.7 Å². The van der Waals surface area contributed by atoms with E-state index in [4.69, 9.17) is 5.73 Å². The topological polar surface area (TPSA) is 88.0 Å². The highest BCUT2D eigenvalue weighted by molar-refractivity contribution is 7.92. The fourth-order valence-electron chi connectivity index (χ4n) is 2.89. The summed E-state index contributed by atoms with van der Waals surface area (Å²) < 4.78 is 27.5. The van der Waals surface area contributed by atoms with E-state index in [9.17, 15) is 8.42 Å². The zero-order valence-electron chi connectivity index (χ0n) is 12.7. The molecular formula is C18H15N3O2S. The molecule has 4 aromatic rings. The maximum absolute atomic E-state index is 12.5. The van der Waals surface area contributed by atoms with E-state index in [1.54, 1.807) is 42.5 Å². The number of nitrogen functional groups attached to an aromatic ring is 1. The van der Waals surface area contributed by atoms with Gasteiger partial charge in [-0.1, -0.05) is 36.4 Å². The molecule has 0 aliphatic carbocycles. The second-order valence-corrected chi connectivity index (χ2v) is 7.26. The number of aromatic nitrogens is 1. The Hall–Kier alpha value is -2.99. The number of anilines is 2. The van der Waals surface area contributed by atoms with Crippen molar-refractivity contribution in [3.63, 3.8) is 0 Å². The molecule has 0 aliphatic heterocycles. The maximum Gasteiger partial charge on any atom is 0.261 e. The molecule has 0 atom stereocenters. The van der Waals surface area contributed by atoms with Crippen LogP contribution in [0.5, 0.6) is 0 Å². The first-order valence-electron chi connectivity index (χ1n) is 7.42. The minimum Gasteiger partial charge on any atom is -0.398 e. The highest BCUT2D eigenvalue weighted by atomic mass is 32.2. The maximum atomic E-state index is 12.5. The number of fused-ring (bicyclic) bond motifs is 3. The van der Waals surface area contributed by atoms with Crippen molar-refractivity contribution in [1.82, 2.24) is 4.98 Å². The Balaban J connectivity index is 1.82. The summed E-state index contributed by atoms with van der Waals surface area (Å²) in [4.78, 5) is 3.48. The van der Waals surface area contributed by atoms with Gasteiger partial charge in [-0.2, -0.15) is 0 Å². The van der Waals surface area contributed by atoms with E-state index in [1.807, 2.05) is 24.3 Å². The first-order valence-corrected chi connectivity index (χ1v) is 8.91. The summed E-state index contributed by atoms with van der Waals surface area (Å²) in [5, 5.41) is 1.91. The summed E-state index contributed by atoms with van der Waals surface area (Å²) in [5.74, 6) is 0. The molecule has 5 nitrogen and oxygen atoms in total. The van der Waals surface area contributed by atoms with Crippen molar-refractivity contribution in [2.75, 3.05) is 10.5 Å². The standard InChI is InChI=1S/C18H15N3O2S/c19-15-10-12(21-24(22,23)13-6-2-1-3-7-13)11-17-18(15)14-8-4-5-9-16(14)20-17/h1-11,20-21H,19H2. The van der Waals surface area contributed by atoms with Crippen molar-refractivity contribution in [1.29, 1.82) is 0 Å². The molecule has 0 amide bonds. The Labute approximate surface area is 139 Å². The third-order valence-electron chi connectivity index (χ3n) is 3.94. The molecule has 1 heterocycles. The van der Waals surface area contributed by atoms with Crippen LogP contribution >= 0.6 is 0 Å². The van der Waals surface area contributed by atoms with Gasteiger partial charge in [-0.05, 0) is 30.3 Å². The molecule has 4 rings (SSSR count). The van der Waals surface area contributed by atoms with Gasteiger partial charge in [-0.3, -0.25) is 4.72 Å². The molecule has 6 heteroatoms. The number of para-hydroxylation sites is 1. The lowest BCUT2D eigenvalue weighted by molar-refractivity contribution is 0.601. The molecule has 0 fully saturated rings. The summed E-state index contributed by atoms with van der Waals surface area (Å²) in [6, 6.07) is 19.5. The van der Waals surface area contributed by atoms with E-state index in [0.717, 1.165) is 21.8 Å². The minimum absolute atomic E-state index is 0.209. The van der Waals surface area contributed by atoms with Crippen LogP contribution in [0.25, 0.3) is 21.8 Å². The summed E-state index contributed by atoms with van der Waals surface area (Å²) in [6.07, 6.45) is 0. The molecule has 4 N–H and O–H groups in total. The number of nitrogens with one attached hydrogen (secondary N) is 2. The van der Waals surface area contributed by atoms with Crippen molar-refractivity contribution >= 4 is 43.2 Å². The number of aromatic amines is 1. The van der Waals surface area contributed by atoms with Gasteiger partial charge in [0.05, 0.1) is 16.1 Å². The first-order chi connectivity index (χ1) is 11.5. The minimum atomic E-state index is -3.65. The quantitative estimate of drug-likeness (QED) is 0.498. The third kappa shape index (κ3) is 2.37. The van der Waals surface area contributed by atoms with Crippen LogP contribution in [-0.2, 0) is 10.0 Å². The number of benzene rings is 3. The van der Waals surface area contributed by atoms with Crippen molar-refractivity contribution in [2.45, 2.75) is 4.90 Å². The Morgan fingerprint density at radius 1 is 0.875 bits per heavy atom. The van der Waals surface area contributed by atoms with Crippen molar-refractivity contribution in [3.05, 3.63) is 66.7 Å². The van der Waals surface area contributed by atoms with Crippen LogP contribution in [0.2, 0.25) is 0 Å². The lowest BCUT2D eigenvalue weighted by Gasteiger charge is -2.09. The number of hydrogen-bond donors (Lipinski definition) is 3. The van der Waals surface area contributed by atoms with Crippen LogP contribution in [-0.4, -0.2) is 13.4 Å². The summed E-state index contributed by atoms with van der Waals surface area (Å²) in [6.45, 7) is 0. The summed E-state index contributed by atoms with van der Waals surface area (Å²) in [5.41, 5.74) is 8.87. The van der Waals surface area contributed by atoms with Gasteiger partial charge >= 0.3 is 0 Å². The van der Waals surface area contributed by atoms with E-state index in [-0.39, 0.29) is 4.90 Å². The normalized spacial score (nSPS) is 11.8. The van der Waals surface area contributed by atoms with Crippen LogP contribution in [0.1, 0.15) is 0 Å². The molecule has 0 saturated heterocycles. The lowest BCUT2D eigenvalue weighted by Crippen LogP contribution is -2.12. The highest BCUT2D eigenvalue weighted by Gasteiger charge is 2.15. The van der Waals surface area contributed by atoms with Crippen LogP contribution in [0.15, 0.2) is 71.6 Å². The molecule has 0 bridgehead atoms. The molecule has 0 aliphatic rings. The second kappa shape index (κ2) is 5.28. The highest BCUT2D eigenvalue weighted by Crippen LogP contribution is 2.33. The molecule has 24 heavy (non-hydrogen) atoms. The van der Waals surface area contributed by atoms with E-state index < -0.39 is 10.0 Å². The number of nitrogens with two attached hydrogens (primary N) is 1. The SMILES string of the molecule is Nc1cc(NS(=O)(=O)c2ccccc2)cc2[nH]c3ccccc3c12. The van der Waals surface area contributed by atoms with Crippen molar-refractivity contribution < 1.29 is 8.42 Å². The average Bonchev–Trinajstić information content (AvgIpc) is 2.94. The van der Waals surface area contributed by atoms with Crippen molar-refractivity contribution in [3.8, 4) is 0 Å². The van der Waals surface area contributed by atoms with Crippen LogP contribution in [0, 0.1) is 0 Å². The molecule has 0 unspecified atom stereocenters. The summed E-state index contributed by atoms with van der Waals surface area (Å²) >= 11 is 0. The Bertz CT molecular complexity index is 1150. The van der Waals surface area contributed by atoms with Gasteiger partial charge in [0.25, 0.3) is 10.0 Å². The van der Waals surface area contributed by atoms with Crippen LogP contribution in [0.4, 0.5) is 11.4 Å². The molecule has 120 valence electrons. The molecule has 3 aromatic carbocycles. The van der Waals surface area contributed by atoms with Crippen LogP contribution < -0.4 is 10.5 Å². The number of hydrogen-bond acceptors (Lipinski definition) is 3. The zero-order chi connectivity index (χ0) is 16.7. The lowest BCUT2D eigenvalue weighted by atomic mass is 10.1. The molecular weight excluding hydrogens is 322 g/mol. The largest absolute Gasteiger partial charge is 0.398 e. The monoisotopic (exact) mass is 337 g/mol. The zero-order valence-corrected chi connectivity index (χ0v) is 13.5. The fraction of sp³-hybridized carbons (Fsp3) is 0. The second-order valence-electron chi connectivity index (χ2n) is 5.58. The van der Waals surface area contributed by atoms with E-state index in [0.29, 0.717) is 11.4 Å². The Morgan fingerprint density at radius 3 is 2.38 bits per heavy atom. The number of H-pyrrole nitrogens is 1. The predicted molar refractivity (Wildman–Crippen MR) is 97.5 cm³/mol. The molecule has 1 aromatic heterocycles. The third-order valence-corrected chi connectivity index (χ3v) is 5.34. The molecule has 0 saturated carbocycles. The van der Waals surface area contributed by atoms with Gasteiger partial charge in [-0.25, -0.2) is 8.42 Å². The van der Waals surface area contributed by atoms with E-state index in [1.165, 1.54) is 0 Å². The smallest absolute Gasteiger partial charge is 0.261 e. The molecule has 0 radical (unpaired) electrons.